The molecule has 0 bridgehead atoms. The van der Waals surface area contributed by atoms with Crippen LogP contribution in [-0.2, 0) is 10.8 Å². The van der Waals surface area contributed by atoms with Gasteiger partial charge < -0.3 is 4.90 Å². The van der Waals surface area contributed by atoms with Crippen molar-refractivity contribution in [3.63, 3.8) is 0 Å². The highest BCUT2D eigenvalue weighted by Gasteiger charge is 2.52. The monoisotopic (exact) mass is 801 g/mol. The van der Waals surface area contributed by atoms with Gasteiger partial charge in [0, 0.05) is 22.2 Å². The van der Waals surface area contributed by atoms with Crippen LogP contribution in [0.1, 0.15) is 47.2 Å². The van der Waals surface area contributed by atoms with Crippen LogP contribution in [0.5, 0.6) is 0 Å². The normalized spacial score (nSPS) is 15.7. The SMILES string of the molecule is CC1(C)c2ccccc2-c2c(N(c3ccc(-c4ccccc4)cc3)c3cccc4c3-c3ccccc3C43c4ccccc4-c4ccc(-c5ccc6ccccc6c5)cc43)cccc21. The van der Waals surface area contributed by atoms with Gasteiger partial charge in [-0.15, -0.1) is 0 Å². The van der Waals surface area contributed by atoms with Crippen molar-refractivity contribution in [3.8, 4) is 55.6 Å². The van der Waals surface area contributed by atoms with Gasteiger partial charge in [-0.05, 0) is 125 Å². The van der Waals surface area contributed by atoms with Crippen LogP contribution in [0.15, 0.2) is 224 Å². The third-order valence-corrected chi connectivity index (χ3v) is 14.5. The van der Waals surface area contributed by atoms with Crippen molar-refractivity contribution in [2.75, 3.05) is 4.90 Å². The third-order valence-electron chi connectivity index (χ3n) is 14.5. The molecule has 0 N–H and O–H groups in total. The van der Waals surface area contributed by atoms with Crippen LogP contribution < -0.4 is 4.90 Å². The number of rotatable bonds is 5. The maximum Gasteiger partial charge on any atom is 0.0726 e. The van der Waals surface area contributed by atoms with Crippen LogP contribution in [0, 0.1) is 0 Å². The first-order valence-electron chi connectivity index (χ1n) is 22.2. The van der Waals surface area contributed by atoms with Crippen molar-refractivity contribution in [1.29, 1.82) is 0 Å². The highest BCUT2D eigenvalue weighted by molar-refractivity contribution is 6.04. The van der Waals surface area contributed by atoms with Crippen molar-refractivity contribution >= 4 is 27.8 Å². The molecule has 0 heterocycles. The minimum absolute atomic E-state index is 0.139. The summed E-state index contributed by atoms with van der Waals surface area (Å²) in [5, 5.41) is 2.51. The molecule has 10 aromatic rings. The van der Waals surface area contributed by atoms with Crippen molar-refractivity contribution in [3.05, 3.63) is 258 Å². The van der Waals surface area contributed by atoms with Gasteiger partial charge in [0.15, 0.2) is 0 Å². The number of hydrogen-bond acceptors (Lipinski definition) is 1. The molecule has 63 heavy (non-hydrogen) atoms. The van der Waals surface area contributed by atoms with Crippen LogP contribution in [-0.4, -0.2) is 0 Å². The van der Waals surface area contributed by atoms with Gasteiger partial charge in [0.2, 0.25) is 0 Å². The zero-order chi connectivity index (χ0) is 41.9. The summed E-state index contributed by atoms with van der Waals surface area (Å²) in [6.07, 6.45) is 0. The molecular formula is C62H43N. The fourth-order valence-corrected chi connectivity index (χ4v) is 11.7. The summed E-state index contributed by atoms with van der Waals surface area (Å²) in [5.74, 6) is 0. The summed E-state index contributed by atoms with van der Waals surface area (Å²) >= 11 is 0. The Morgan fingerprint density at radius 3 is 1.54 bits per heavy atom. The molecule has 3 aliphatic carbocycles. The van der Waals surface area contributed by atoms with Gasteiger partial charge in [-0.3, -0.25) is 0 Å². The predicted molar refractivity (Wildman–Crippen MR) is 263 cm³/mol. The molecule has 3 aliphatic rings. The Balaban J connectivity index is 1.09. The molecule has 1 atom stereocenters. The molecule has 0 amide bonds. The largest absolute Gasteiger partial charge is 0.309 e. The minimum atomic E-state index is -0.517. The number of nitrogens with zero attached hydrogens (tertiary/aromatic N) is 1. The Hall–Kier alpha value is -7.74. The van der Waals surface area contributed by atoms with E-state index in [4.69, 9.17) is 0 Å². The lowest BCUT2D eigenvalue weighted by Gasteiger charge is -2.33. The van der Waals surface area contributed by atoms with Gasteiger partial charge in [-0.1, -0.05) is 202 Å². The maximum atomic E-state index is 2.56. The Labute approximate surface area is 369 Å². The van der Waals surface area contributed by atoms with Crippen molar-refractivity contribution < 1.29 is 0 Å². The van der Waals surface area contributed by atoms with Gasteiger partial charge in [-0.2, -0.15) is 0 Å². The molecule has 1 nitrogen and oxygen atoms in total. The molecule has 13 rings (SSSR count). The minimum Gasteiger partial charge on any atom is -0.309 e. The van der Waals surface area contributed by atoms with E-state index in [2.05, 4.69) is 243 Å². The molecule has 1 unspecified atom stereocenters. The predicted octanol–water partition coefficient (Wildman–Crippen LogP) is 16.3. The van der Waals surface area contributed by atoms with E-state index in [1.165, 1.54) is 111 Å². The molecule has 0 saturated heterocycles. The van der Waals surface area contributed by atoms with E-state index < -0.39 is 5.41 Å². The zero-order valence-electron chi connectivity index (χ0n) is 35.3. The van der Waals surface area contributed by atoms with E-state index in [0.717, 1.165) is 5.69 Å². The average Bonchev–Trinajstić information content (AvgIpc) is 3.91. The highest BCUT2D eigenvalue weighted by Crippen LogP contribution is 2.65. The Bertz CT molecular complexity index is 3480. The van der Waals surface area contributed by atoms with Gasteiger partial charge in [0.25, 0.3) is 0 Å². The molecular weight excluding hydrogens is 759 g/mol. The smallest absolute Gasteiger partial charge is 0.0726 e. The first-order chi connectivity index (χ1) is 31.0. The number of benzene rings is 10. The van der Waals surface area contributed by atoms with Crippen molar-refractivity contribution in [2.24, 2.45) is 0 Å². The van der Waals surface area contributed by atoms with Crippen molar-refractivity contribution in [1.82, 2.24) is 0 Å². The summed E-state index contributed by atoms with van der Waals surface area (Å²) in [6.45, 7) is 4.75. The Morgan fingerprint density at radius 1 is 0.302 bits per heavy atom. The van der Waals surface area contributed by atoms with Crippen molar-refractivity contribution in [2.45, 2.75) is 24.7 Å². The Morgan fingerprint density at radius 2 is 0.794 bits per heavy atom. The van der Waals surface area contributed by atoms with E-state index in [0.29, 0.717) is 0 Å². The summed E-state index contributed by atoms with van der Waals surface area (Å²) in [4.78, 5) is 2.56. The van der Waals surface area contributed by atoms with Crippen LogP contribution in [0.25, 0.3) is 66.4 Å². The van der Waals surface area contributed by atoms with Crippen LogP contribution in [0.4, 0.5) is 17.1 Å². The highest BCUT2D eigenvalue weighted by atomic mass is 15.1. The maximum absolute atomic E-state index is 2.56. The number of fused-ring (bicyclic) bond motifs is 14. The zero-order valence-corrected chi connectivity index (χ0v) is 35.3. The summed E-state index contributed by atoms with van der Waals surface area (Å²) in [7, 11) is 0. The standard InChI is InChI=1S/C62H43N/c1-61(2)51-23-11-9-21-49(51)59-54(61)26-14-28-57(59)63(46-35-32-42(33-36-46)40-16-4-3-5-17-40)58-29-15-27-55-60(58)50-22-10-13-25-53(50)62(55)52-24-12-8-20-47(52)48-37-34-45(39-56(48)62)44-31-30-41-18-6-7-19-43(41)38-44/h3-39H,1-2H3. The van der Waals surface area contributed by atoms with Crippen LogP contribution in [0.3, 0.4) is 0 Å². The number of anilines is 3. The molecule has 0 aliphatic heterocycles. The number of hydrogen-bond donors (Lipinski definition) is 0. The summed E-state index contributed by atoms with van der Waals surface area (Å²) in [5.41, 5.74) is 23.6. The van der Waals surface area contributed by atoms with Gasteiger partial charge in [0.1, 0.15) is 0 Å². The fraction of sp³-hybridized carbons (Fsp3) is 0.0645. The molecule has 296 valence electrons. The first-order valence-corrected chi connectivity index (χ1v) is 22.2. The molecule has 0 aromatic heterocycles. The average molecular weight is 802 g/mol. The van der Waals surface area contributed by atoms with Crippen LogP contribution in [0.2, 0.25) is 0 Å². The van der Waals surface area contributed by atoms with Gasteiger partial charge in [0.05, 0.1) is 16.8 Å². The first kappa shape index (κ1) is 36.0. The molecule has 0 saturated carbocycles. The quantitative estimate of drug-likeness (QED) is 0.168. The van der Waals surface area contributed by atoms with E-state index in [-0.39, 0.29) is 5.41 Å². The van der Waals surface area contributed by atoms with E-state index in [1.807, 2.05) is 0 Å². The molecule has 1 spiro atoms. The second kappa shape index (κ2) is 13.4. The lowest BCUT2D eigenvalue weighted by Crippen LogP contribution is -2.26. The lowest BCUT2D eigenvalue weighted by molar-refractivity contribution is 0.660. The molecule has 0 radical (unpaired) electrons. The van der Waals surface area contributed by atoms with E-state index >= 15 is 0 Å². The lowest BCUT2D eigenvalue weighted by atomic mass is 9.70. The van der Waals surface area contributed by atoms with E-state index in [9.17, 15) is 0 Å². The van der Waals surface area contributed by atoms with Gasteiger partial charge >= 0.3 is 0 Å². The topological polar surface area (TPSA) is 3.24 Å². The third kappa shape index (κ3) is 4.99. The fourth-order valence-electron chi connectivity index (χ4n) is 11.7. The second-order valence-electron chi connectivity index (χ2n) is 18.0. The van der Waals surface area contributed by atoms with Gasteiger partial charge in [-0.25, -0.2) is 0 Å². The Kier molecular flexibility index (Phi) is 7.64. The molecule has 1 heteroatoms. The van der Waals surface area contributed by atoms with Crippen LogP contribution >= 0.6 is 0 Å². The molecule has 10 aromatic carbocycles. The summed E-state index contributed by atoms with van der Waals surface area (Å²) in [6, 6.07) is 84.1. The molecule has 0 fully saturated rings. The summed E-state index contributed by atoms with van der Waals surface area (Å²) < 4.78 is 0. The second-order valence-corrected chi connectivity index (χ2v) is 18.0. The van der Waals surface area contributed by atoms with E-state index in [1.54, 1.807) is 0 Å².